The molecule has 0 spiro atoms. The van der Waals surface area contributed by atoms with Crippen molar-refractivity contribution in [3.8, 4) is 0 Å². The molecule has 0 aliphatic heterocycles. The van der Waals surface area contributed by atoms with Crippen LogP contribution in [0.4, 0.5) is 4.39 Å². The highest BCUT2D eigenvalue weighted by atomic mass is 35.5. The third-order valence-corrected chi connectivity index (χ3v) is 3.95. The summed E-state index contributed by atoms with van der Waals surface area (Å²) < 4.78 is 13.8. The maximum absolute atomic E-state index is 13.0. The predicted molar refractivity (Wildman–Crippen MR) is 75.9 cm³/mol. The molecule has 1 aromatic heterocycles. The average Bonchev–Trinajstić information content (AvgIpc) is 2.76. The van der Waals surface area contributed by atoms with Gasteiger partial charge < -0.3 is 5.32 Å². The Kier molecular flexibility index (Phi) is 4.75. The van der Waals surface area contributed by atoms with Gasteiger partial charge in [0.25, 0.3) is 0 Å². The summed E-state index contributed by atoms with van der Waals surface area (Å²) in [6.07, 6.45) is 0.819. The Bertz CT molecular complexity index is 512. The largest absolute Gasteiger partial charge is 0.310 e. The van der Waals surface area contributed by atoms with Crippen molar-refractivity contribution in [3.63, 3.8) is 0 Å². The minimum Gasteiger partial charge on any atom is -0.310 e. The molecule has 2 aromatic rings. The second kappa shape index (κ2) is 6.32. The summed E-state index contributed by atoms with van der Waals surface area (Å²) >= 11 is 7.44. The lowest BCUT2D eigenvalue weighted by atomic mass is 10.1. The third kappa shape index (κ3) is 3.80. The normalized spacial score (nSPS) is 12.6. The van der Waals surface area contributed by atoms with E-state index in [0.717, 1.165) is 22.9 Å². The van der Waals surface area contributed by atoms with E-state index in [1.54, 1.807) is 23.5 Å². The van der Waals surface area contributed by atoms with Gasteiger partial charge in [-0.25, -0.2) is 4.39 Å². The van der Waals surface area contributed by atoms with Gasteiger partial charge >= 0.3 is 0 Å². The zero-order valence-electron chi connectivity index (χ0n) is 10.1. The molecule has 1 atom stereocenters. The molecule has 0 bridgehead atoms. The molecule has 0 radical (unpaired) electrons. The lowest BCUT2D eigenvalue weighted by Gasteiger charge is -2.12. The van der Waals surface area contributed by atoms with Gasteiger partial charge in [-0.3, -0.25) is 0 Å². The Morgan fingerprint density at radius 2 is 2.22 bits per heavy atom. The highest BCUT2D eigenvalue weighted by Crippen LogP contribution is 2.24. The van der Waals surface area contributed by atoms with Crippen LogP contribution >= 0.6 is 22.9 Å². The topological polar surface area (TPSA) is 12.0 Å². The second-order valence-corrected chi connectivity index (χ2v) is 5.78. The molecule has 0 saturated heterocycles. The highest BCUT2D eigenvalue weighted by Gasteiger charge is 2.06. The van der Waals surface area contributed by atoms with Crippen molar-refractivity contribution >= 4 is 22.9 Å². The summed E-state index contributed by atoms with van der Waals surface area (Å²) in [5.41, 5.74) is 2.21. The summed E-state index contributed by atoms with van der Waals surface area (Å²) in [4.78, 5) is 0. The molecule has 4 heteroatoms. The molecular formula is C14H15ClFNS. The first kappa shape index (κ1) is 13.5. The van der Waals surface area contributed by atoms with Crippen molar-refractivity contribution in [2.24, 2.45) is 0 Å². The summed E-state index contributed by atoms with van der Waals surface area (Å²) in [6.45, 7) is 2.92. The van der Waals surface area contributed by atoms with E-state index in [0.29, 0.717) is 0 Å². The van der Waals surface area contributed by atoms with Crippen LogP contribution in [0.25, 0.3) is 0 Å². The van der Waals surface area contributed by atoms with Crippen LogP contribution in [0.5, 0.6) is 0 Å². The van der Waals surface area contributed by atoms with Crippen molar-refractivity contribution in [1.82, 2.24) is 5.32 Å². The molecule has 2 rings (SSSR count). The van der Waals surface area contributed by atoms with Gasteiger partial charge in [0.2, 0.25) is 0 Å². The zero-order chi connectivity index (χ0) is 13.0. The Labute approximate surface area is 116 Å². The number of benzene rings is 1. The molecule has 96 valence electrons. The van der Waals surface area contributed by atoms with E-state index in [-0.39, 0.29) is 11.9 Å². The Balaban J connectivity index is 1.82. The van der Waals surface area contributed by atoms with Crippen LogP contribution in [0.1, 0.15) is 24.1 Å². The van der Waals surface area contributed by atoms with Crippen LogP contribution in [0.3, 0.4) is 0 Å². The number of rotatable bonds is 5. The van der Waals surface area contributed by atoms with E-state index in [4.69, 9.17) is 11.6 Å². The molecule has 1 unspecified atom stereocenters. The number of halogens is 2. The summed E-state index contributed by atoms with van der Waals surface area (Å²) in [5, 5.41) is 5.46. The molecule has 0 amide bonds. The van der Waals surface area contributed by atoms with Gasteiger partial charge in [0, 0.05) is 6.04 Å². The number of thiophene rings is 1. The van der Waals surface area contributed by atoms with E-state index in [1.807, 2.05) is 12.1 Å². The molecule has 0 aliphatic carbocycles. The van der Waals surface area contributed by atoms with Crippen LogP contribution in [-0.4, -0.2) is 6.54 Å². The molecule has 0 saturated carbocycles. The monoisotopic (exact) mass is 283 g/mol. The first-order valence-electron chi connectivity index (χ1n) is 5.87. The van der Waals surface area contributed by atoms with Crippen LogP contribution in [0.15, 0.2) is 35.7 Å². The van der Waals surface area contributed by atoms with Crippen LogP contribution in [-0.2, 0) is 6.42 Å². The van der Waals surface area contributed by atoms with Crippen molar-refractivity contribution in [1.29, 1.82) is 0 Å². The minimum absolute atomic E-state index is 0.176. The molecule has 0 fully saturated rings. The van der Waals surface area contributed by atoms with Crippen LogP contribution in [0.2, 0.25) is 4.34 Å². The van der Waals surface area contributed by atoms with Crippen molar-refractivity contribution in [2.75, 3.05) is 6.54 Å². The van der Waals surface area contributed by atoms with Gasteiger partial charge in [-0.1, -0.05) is 23.7 Å². The van der Waals surface area contributed by atoms with Gasteiger partial charge in [-0.15, -0.1) is 11.3 Å². The van der Waals surface area contributed by atoms with E-state index in [9.17, 15) is 4.39 Å². The van der Waals surface area contributed by atoms with Gasteiger partial charge in [0.1, 0.15) is 5.82 Å². The van der Waals surface area contributed by atoms with E-state index >= 15 is 0 Å². The molecular weight excluding hydrogens is 269 g/mol. The lowest BCUT2D eigenvalue weighted by Crippen LogP contribution is -2.20. The minimum atomic E-state index is -0.176. The van der Waals surface area contributed by atoms with Gasteiger partial charge in [0.05, 0.1) is 4.34 Å². The van der Waals surface area contributed by atoms with Gasteiger partial charge in [0.15, 0.2) is 0 Å². The summed E-state index contributed by atoms with van der Waals surface area (Å²) in [6, 6.07) is 8.97. The Hall–Kier alpha value is -0.900. The molecule has 1 N–H and O–H groups in total. The summed E-state index contributed by atoms with van der Waals surface area (Å²) in [7, 11) is 0. The SMILES string of the molecule is CC(NCCc1cccc(F)c1)c1csc(Cl)c1. The van der Waals surface area contributed by atoms with Crippen LogP contribution in [0, 0.1) is 5.82 Å². The van der Waals surface area contributed by atoms with E-state index < -0.39 is 0 Å². The molecule has 1 nitrogen and oxygen atoms in total. The number of hydrogen-bond acceptors (Lipinski definition) is 2. The smallest absolute Gasteiger partial charge is 0.123 e. The third-order valence-electron chi connectivity index (χ3n) is 2.84. The van der Waals surface area contributed by atoms with Crippen molar-refractivity contribution in [3.05, 3.63) is 57.0 Å². The molecule has 1 aromatic carbocycles. The average molecular weight is 284 g/mol. The fourth-order valence-corrected chi connectivity index (χ4v) is 2.78. The van der Waals surface area contributed by atoms with E-state index in [2.05, 4.69) is 17.6 Å². The van der Waals surface area contributed by atoms with Gasteiger partial charge in [-0.05, 0) is 54.6 Å². The summed E-state index contributed by atoms with van der Waals surface area (Å²) in [5.74, 6) is -0.176. The highest BCUT2D eigenvalue weighted by molar-refractivity contribution is 7.14. The number of nitrogens with one attached hydrogen (secondary N) is 1. The fourth-order valence-electron chi connectivity index (χ4n) is 1.79. The molecule has 18 heavy (non-hydrogen) atoms. The predicted octanol–water partition coefficient (Wildman–Crippen LogP) is 4.43. The maximum atomic E-state index is 13.0. The Morgan fingerprint density at radius 1 is 1.39 bits per heavy atom. The standard InChI is InChI=1S/C14H15ClFNS/c1-10(12-8-14(15)18-9-12)17-6-5-11-3-2-4-13(16)7-11/h2-4,7-10,17H,5-6H2,1H3. The lowest BCUT2D eigenvalue weighted by molar-refractivity contribution is 0.576. The first-order valence-corrected chi connectivity index (χ1v) is 7.12. The number of hydrogen-bond donors (Lipinski definition) is 1. The Morgan fingerprint density at radius 3 is 2.89 bits per heavy atom. The first-order chi connectivity index (χ1) is 8.65. The zero-order valence-corrected chi connectivity index (χ0v) is 11.7. The van der Waals surface area contributed by atoms with Crippen molar-refractivity contribution < 1.29 is 4.39 Å². The quantitative estimate of drug-likeness (QED) is 0.856. The van der Waals surface area contributed by atoms with Crippen molar-refractivity contribution in [2.45, 2.75) is 19.4 Å². The maximum Gasteiger partial charge on any atom is 0.123 e. The molecule has 1 heterocycles. The van der Waals surface area contributed by atoms with Crippen LogP contribution < -0.4 is 5.32 Å². The fraction of sp³-hybridized carbons (Fsp3) is 0.286. The second-order valence-electron chi connectivity index (χ2n) is 4.24. The van der Waals surface area contributed by atoms with E-state index in [1.165, 1.54) is 11.6 Å². The van der Waals surface area contributed by atoms with Gasteiger partial charge in [-0.2, -0.15) is 0 Å². The molecule has 0 aliphatic rings.